The molecule has 1 aromatic carbocycles. The molecule has 0 atom stereocenters. The molecule has 3 aromatic rings. The molecule has 0 saturated carbocycles. The van der Waals surface area contributed by atoms with Gasteiger partial charge in [-0.15, -0.1) is 0 Å². The van der Waals surface area contributed by atoms with Crippen molar-refractivity contribution in [1.82, 2.24) is 14.5 Å². The van der Waals surface area contributed by atoms with Gasteiger partial charge in [0.15, 0.2) is 5.16 Å². The van der Waals surface area contributed by atoms with E-state index in [0.717, 1.165) is 15.7 Å². The molecule has 2 heterocycles. The summed E-state index contributed by atoms with van der Waals surface area (Å²) in [6, 6.07) is 11.0. The van der Waals surface area contributed by atoms with Gasteiger partial charge >= 0.3 is 0 Å². The molecule has 0 unspecified atom stereocenters. The zero-order valence-corrected chi connectivity index (χ0v) is 12.7. The molecule has 1 N–H and O–H groups in total. The maximum absolute atomic E-state index is 12.0. The first-order valence-electron chi connectivity index (χ1n) is 6.69. The summed E-state index contributed by atoms with van der Waals surface area (Å²) in [6.07, 6.45) is 6.88. The Balaban J connectivity index is 1.67. The molecular formula is C16H14N4OS. The predicted molar refractivity (Wildman–Crippen MR) is 86.0 cm³/mol. The van der Waals surface area contributed by atoms with Gasteiger partial charge in [0.1, 0.15) is 0 Å². The van der Waals surface area contributed by atoms with E-state index in [1.807, 2.05) is 42.1 Å². The standard InChI is InChI=1S/C16H14N4OS/c1-20-11-10-18-16(20)22-14-4-2-13(3-5-14)19-15(21)12-6-8-17-9-7-12/h2-11H,1H3,(H,19,21). The Morgan fingerprint density at radius 3 is 2.45 bits per heavy atom. The van der Waals surface area contributed by atoms with E-state index in [2.05, 4.69) is 15.3 Å². The van der Waals surface area contributed by atoms with Gasteiger partial charge in [-0.2, -0.15) is 0 Å². The summed E-state index contributed by atoms with van der Waals surface area (Å²) in [5, 5.41) is 3.78. The third-order valence-corrected chi connectivity index (χ3v) is 4.12. The minimum absolute atomic E-state index is 0.146. The largest absolute Gasteiger partial charge is 0.329 e. The molecule has 0 radical (unpaired) electrons. The fraction of sp³-hybridized carbons (Fsp3) is 0.0625. The molecule has 22 heavy (non-hydrogen) atoms. The number of hydrogen-bond acceptors (Lipinski definition) is 4. The normalized spacial score (nSPS) is 10.4. The number of anilines is 1. The van der Waals surface area contributed by atoms with Crippen molar-refractivity contribution in [3.63, 3.8) is 0 Å². The number of nitrogens with zero attached hydrogens (tertiary/aromatic N) is 3. The van der Waals surface area contributed by atoms with Crippen LogP contribution in [0.3, 0.4) is 0 Å². The summed E-state index contributed by atoms with van der Waals surface area (Å²) in [7, 11) is 1.96. The molecule has 0 aliphatic carbocycles. The van der Waals surface area contributed by atoms with Crippen molar-refractivity contribution >= 4 is 23.4 Å². The number of carbonyl (C=O) groups excluding carboxylic acids is 1. The van der Waals surface area contributed by atoms with Crippen LogP contribution in [0.2, 0.25) is 0 Å². The Morgan fingerprint density at radius 1 is 1.09 bits per heavy atom. The Bertz CT molecular complexity index is 768. The second-order valence-corrected chi connectivity index (χ2v) is 5.68. The quantitative estimate of drug-likeness (QED) is 0.804. The van der Waals surface area contributed by atoms with E-state index in [1.165, 1.54) is 0 Å². The average molecular weight is 310 g/mol. The van der Waals surface area contributed by atoms with E-state index in [-0.39, 0.29) is 5.91 Å². The van der Waals surface area contributed by atoms with Gasteiger partial charge in [0.05, 0.1) is 0 Å². The van der Waals surface area contributed by atoms with E-state index in [9.17, 15) is 4.79 Å². The van der Waals surface area contributed by atoms with Gasteiger partial charge in [0.2, 0.25) is 0 Å². The number of hydrogen-bond donors (Lipinski definition) is 1. The van der Waals surface area contributed by atoms with Crippen LogP contribution in [-0.2, 0) is 7.05 Å². The highest BCUT2D eigenvalue weighted by Crippen LogP contribution is 2.26. The van der Waals surface area contributed by atoms with Gasteiger partial charge in [-0.1, -0.05) is 11.8 Å². The molecular weight excluding hydrogens is 296 g/mol. The van der Waals surface area contributed by atoms with Gasteiger partial charge in [-0.3, -0.25) is 9.78 Å². The highest BCUT2D eigenvalue weighted by molar-refractivity contribution is 7.99. The minimum Gasteiger partial charge on any atom is -0.329 e. The molecule has 110 valence electrons. The number of pyridine rings is 1. The molecule has 0 fully saturated rings. The lowest BCUT2D eigenvalue weighted by molar-refractivity contribution is 0.102. The first-order valence-corrected chi connectivity index (χ1v) is 7.50. The van der Waals surface area contributed by atoms with Gasteiger partial charge in [0, 0.05) is 48.0 Å². The summed E-state index contributed by atoms with van der Waals surface area (Å²) < 4.78 is 1.96. The molecule has 0 bridgehead atoms. The number of carbonyl (C=O) groups is 1. The van der Waals surface area contributed by atoms with Crippen molar-refractivity contribution < 1.29 is 4.79 Å². The Morgan fingerprint density at radius 2 is 1.82 bits per heavy atom. The smallest absolute Gasteiger partial charge is 0.255 e. The van der Waals surface area contributed by atoms with Crippen LogP contribution in [0.15, 0.2) is 71.2 Å². The highest BCUT2D eigenvalue weighted by Gasteiger charge is 2.06. The van der Waals surface area contributed by atoms with Gasteiger partial charge < -0.3 is 9.88 Å². The number of aromatic nitrogens is 3. The molecule has 5 nitrogen and oxygen atoms in total. The van der Waals surface area contributed by atoms with Crippen LogP contribution in [0.4, 0.5) is 5.69 Å². The van der Waals surface area contributed by atoms with Crippen molar-refractivity contribution in [3.8, 4) is 0 Å². The predicted octanol–water partition coefficient (Wildman–Crippen LogP) is 3.22. The molecule has 0 aliphatic rings. The maximum atomic E-state index is 12.0. The monoisotopic (exact) mass is 310 g/mol. The van der Waals surface area contributed by atoms with Crippen LogP contribution in [-0.4, -0.2) is 20.4 Å². The lowest BCUT2D eigenvalue weighted by Crippen LogP contribution is -2.11. The number of benzene rings is 1. The third kappa shape index (κ3) is 3.35. The summed E-state index contributed by atoms with van der Waals surface area (Å²) in [4.78, 5) is 21.3. The molecule has 3 rings (SSSR count). The Labute approximate surface area is 132 Å². The van der Waals surface area contributed by atoms with Crippen molar-refractivity contribution in [2.45, 2.75) is 10.1 Å². The van der Waals surface area contributed by atoms with Crippen molar-refractivity contribution in [2.24, 2.45) is 7.05 Å². The second kappa shape index (κ2) is 6.44. The van der Waals surface area contributed by atoms with E-state index < -0.39 is 0 Å². The summed E-state index contributed by atoms with van der Waals surface area (Å²) in [5.74, 6) is -0.146. The van der Waals surface area contributed by atoms with Gasteiger partial charge in [0.25, 0.3) is 5.91 Å². The number of amides is 1. The fourth-order valence-corrected chi connectivity index (χ4v) is 2.67. The van der Waals surface area contributed by atoms with E-state index in [4.69, 9.17) is 0 Å². The lowest BCUT2D eigenvalue weighted by Gasteiger charge is -2.06. The minimum atomic E-state index is -0.146. The summed E-state index contributed by atoms with van der Waals surface area (Å²) in [5.41, 5.74) is 1.34. The SMILES string of the molecule is Cn1ccnc1Sc1ccc(NC(=O)c2ccncc2)cc1. The van der Waals surface area contributed by atoms with Crippen molar-refractivity contribution in [2.75, 3.05) is 5.32 Å². The number of rotatable bonds is 4. The zero-order chi connectivity index (χ0) is 15.4. The van der Waals surface area contributed by atoms with Crippen LogP contribution in [0, 0.1) is 0 Å². The van der Waals surface area contributed by atoms with E-state index >= 15 is 0 Å². The van der Waals surface area contributed by atoms with Crippen LogP contribution < -0.4 is 5.32 Å². The van der Waals surface area contributed by atoms with Gasteiger partial charge in [-0.25, -0.2) is 4.98 Å². The fourth-order valence-electron chi connectivity index (χ4n) is 1.87. The average Bonchev–Trinajstić information content (AvgIpc) is 2.95. The van der Waals surface area contributed by atoms with E-state index in [0.29, 0.717) is 5.56 Å². The Kier molecular flexibility index (Phi) is 4.20. The molecule has 0 spiro atoms. The van der Waals surface area contributed by atoms with Crippen molar-refractivity contribution in [1.29, 1.82) is 0 Å². The highest BCUT2D eigenvalue weighted by atomic mass is 32.2. The third-order valence-electron chi connectivity index (χ3n) is 3.04. The first-order chi connectivity index (χ1) is 10.7. The number of imidazole rings is 1. The van der Waals surface area contributed by atoms with Crippen LogP contribution in [0.1, 0.15) is 10.4 Å². The van der Waals surface area contributed by atoms with Crippen LogP contribution >= 0.6 is 11.8 Å². The molecule has 0 aliphatic heterocycles. The van der Waals surface area contributed by atoms with Crippen LogP contribution in [0.25, 0.3) is 0 Å². The first kappa shape index (κ1) is 14.3. The molecule has 1 amide bonds. The van der Waals surface area contributed by atoms with E-state index in [1.54, 1.807) is 42.5 Å². The molecule has 6 heteroatoms. The lowest BCUT2D eigenvalue weighted by atomic mass is 10.2. The summed E-state index contributed by atoms with van der Waals surface area (Å²) >= 11 is 1.58. The number of nitrogens with one attached hydrogen (secondary N) is 1. The topological polar surface area (TPSA) is 59.8 Å². The van der Waals surface area contributed by atoms with Crippen molar-refractivity contribution in [3.05, 3.63) is 66.7 Å². The number of aryl methyl sites for hydroxylation is 1. The summed E-state index contributed by atoms with van der Waals surface area (Å²) in [6.45, 7) is 0. The maximum Gasteiger partial charge on any atom is 0.255 e. The van der Waals surface area contributed by atoms with Crippen LogP contribution in [0.5, 0.6) is 0 Å². The Hall–Kier alpha value is -2.60. The second-order valence-electron chi connectivity index (χ2n) is 4.64. The zero-order valence-electron chi connectivity index (χ0n) is 11.9. The molecule has 0 saturated heterocycles. The van der Waals surface area contributed by atoms with Gasteiger partial charge in [-0.05, 0) is 36.4 Å². The molecule has 2 aromatic heterocycles.